The summed E-state index contributed by atoms with van der Waals surface area (Å²) in [5, 5.41) is 7.13. The molecule has 6 heteroatoms. The molecule has 24 heavy (non-hydrogen) atoms. The Morgan fingerprint density at radius 2 is 1.96 bits per heavy atom. The Kier molecular flexibility index (Phi) is 3.35. The molecule has 2 aromatic carbocycles. The van der Waals surface area contributed by atoms with Crippen LogP contribution in [0.5, 0.6) is 0 Å². The molecule has 0 fully saturated rings. The number of aryl methyl sites for hydroxylation is 1. The van der Waals surface area contributed by atoms with E-state index in [1.807, 2.05) is 36.4 Å². The summed E-state index contributed by atoms with van der Waals surface area (Å²) in [4.78, 5) is 16.6. The molecule has 1 N–H and O–H groups in total. The Labute approximate surface area is 137 Å². The number of carbonyl (C=O) groups excluding carboxylic acids is 1. The van der Waals surface area contributed by atoms with Gasteiger partial charge < -0.3 is 9.73 Å². The Hall–Kier alpha value is -3.41. The second-order valence-corrected chi connectivity index (χ2v) is 5.35. The van der Waals surface area contributed by atoms with E-state index in [1.165, 1.54) is 0 Å². The molecule has 4 rings (SSSR count). The maximum Gasteiger partial charge on any atom is 0.276 e. The molecule has 2 heterocycles. The van der Waals surface area contributed by atoms with E-state index in [0.717, 1.165) is 11.2 Å². The molecule has 4 aromatic rings. The van der Waals surface area contributed by atoms with Gasteiger partial charge in [0.05, 0.1) is 5.69 Å². The molecule has 0 unspecified atom stereocenters. The van der Waals surface area contributed by atoms with E-state index in [0.29, 0.717) is 22.9 Å². The topological polar surface area (TPSA) is 73.0 Å². The lowest BCUT2D eigenvalue weighted by Gasteiger charge is -2.03. The number of hydrogen-bond donors (Lipinski definition) is 1. The molecule has 0 spiro atoms. The van der Waals surface area contributed by atoms with Crippen molar-refractivity contribution in [2.24, 2.45) is 0 Å². The van der Waals surface area contributed by atoms with Gasteiger partial charge in [0.2, 0.25) is 0 Å². The zero-order valence-corrected chi connectivity index (χ0v) is 12.9. The van der Waals surface area contributed by atoms with Crippen molar-refractivity contribution in [3.05, 3.63) is 72.4 Å². The Morgan fingerprint density at radius 3 is 2.79 bits per heavy atom. The number of fused-ring (bicyclic) bond motifs is 1. The van der Waals surface area contributed by atoms with Gasteiger partial charge in [0.1, 0.15) is 5.52 Å². The summed E-state index contributed by atoms with van der Waals surface area (Å²) >= 11 is 0. The summed E-state index contributed by atoms with van der Waals surface area (Å²) in [5.74, 6) is 0.315. The first-order valence-electron chi connectivity index (χ1n) is 7.49. The molecule has 0 saturated carbocycles. The van der Waals surface area contributed by atoms with Gasteiger partial charge in [-0.3, -0.25) is 4.79 Å². The minimum atomic E-state index is -0.278. The van der Waals surface area contributed by atoms with Crippen molar-refractivity contribution in [3.8, 4) is 5.69 Å². The number of rotatable bonds is 3. The van der Waals surface area contributed by atoms with E-state index in [2.05, 4.69) is 15.4 Å². The zero-order valence-electron chi connectivity index (χ0n) is 12.9. The molecule has 0 saturated heterocycles. The van der Waals surface area contributed by atoms with E-state index in [-0.39, 0.29) is 5.91 Å². The van der Waals surface area contributed by atoms with Crippen molar-refractivity contribution in [1.29, 1.82) is 0 Å². The molecular weight excluding hydrogens is 304 g/mol. The maximum atomic E-state index is 12.4. The van der Waals surface area contributed by atoms with Crippen LogP contribution in [0, 0.1) is 6.92 Å². The van der Waals surface area contributed by atoms with E-state index in [9.17, 15) is 4.79 Å². The number of hydrogen-bond acceptors (Lipinski definition) is 4. The van der Waals surface area contributed by atoms with E-state index in [1.54, 1.807) is 36.0 Å². The molecule has 0 atom stereocenters. The van der Waals surface area contributed by atoms with Crippen molar-refractivity contribution >= 4 is 22.7 Å². The fourth-order valence-electron chi connectivity index (χ4n) is 2.48. The van der Waals surface area contributed by atoms with Gasteiger partial charge in [-0.2, -0.15) is 5.10 Å². The lowest BCUT2D eigenvalue weighted by molar-refractivity contribution is 0.102. The number of para-hydroxylation sites is 1. The van der Waals surface area contributed by atoms with Crippen molar-refractivity contribution in [1.82, 2.24) is 14.8 Å². The molecule has 1 amide bonds. The highest BCUT2D eigenvalue weighted by Gasteiger charge is 2.11. The van der Waals surface area contributed by atoms with Gasteiger partial charge in [0, 0.05) is 24.9 Å². The highest BCUT2D eigenvalue weighted by Crippen LogP contribution is 2.20. The summed E-state index contributed by atoms with van der Waals surface area (Å²) < 4.78 is 7.14. The predicted molar refractivity (Wildman–Crippen MR) is 90.3 cm³/mol. The molecule has 0 aliphatic carbocycles. The average Bonchev–Trinajstić information content (AvgIpc) is 3.21. The van der Waals surface area contributed by atoms with Crippen LogP contribution in [0.3, 0.4) is 0 Å². The van der Waals surface area contributed by atoms with Crippen molar-refractivity contribution in [2.75, 3.05) is 5.32 Å². The first kappa shape index (κ1) is 14.2. The van der Waals surface area contributed by atoms with Gasteiger partial charge >= 0.3 is 0 Å². The maximum absolute atomic E-state index is 12.4. The lowest BCUT2D eigenvalue weighted by Crippen LogP contribution is -2.13. The molecule has 118 valence electrons. The molecule has 2 aromatic heterocycles. The monoisotopic (exact) mass is 318 g/mol. The first-order valence-corrected chi connectivity index (χ1v) is 7.49. The summed E-state index contributed by atoms with van der Waals surface area (Å²) in [6, 6.07) is 16.7. The fraction of sp³-hybridized carbons (Fsp3) is 0.0556. The highest BCUT2D eigenvalue weighted by molar-refractivity contribution is 6.03. The minimum absolute atomic E-state index is 0.278. The van der Waals surface area contributed by atoms with Crippen molar-refractivity contribution in [2.45, 2.75) is 6.92 Å². The van der Waals surface area contributed by atoms with Crippen molar-refractivity contribution < 1.29 is 9.21 Å². The lowest BCUT2D eigenvalue weighted by atomic mass is 10.3. The van der Waals surface area contributed by atoms with Crippen LogP contribution in [-0.4, -0.2) is 20.7 Å². The van der Waals surface area contributed by atoms with Crippen LogP contribution in [0.15, 0.2) is 65.2 Å². The second-order valence-electron chi connectivity index (χ2n) is 5.35. The summed E-state index contributed by atoms with van der Waals surface area (Å²) in [7, 11) is 0. The number of carbonyl (C=O) groups is 1. The van der Waals surface area contributed by atoms with Crippen LogP contribution in [0.25, 0.3) is 16.8 Å². The number of nitrogens with one attached hydrogen (secondary N) is 1. The number of amides is 1. The molecule has 0 radical (unpaired) electrons. The van der Waals surface area contributed by atoms with E-state index >= 15 is 0 Å². The number of oxazole rings is 1. The third-order valence-corrected chi connectivity index (χ3v) is 3.60. The largest absolute Gasteiger partial charge is 0.441 e. The number of aromatic nitrogens is 3. The molecular formula is C18H14N4O2. The normalized spacial score (nSPS) is 10.9. The molecule has 0 aliphatic rings. The van der Waals surface area contributed by atoms with Gasteiger partial charge in [0.25, 0.3) is 5.91 Å². The van der Waals surface area contributed by atoms with Crippen LogP contribution < -0.4 is 5.32 Å². The predicted octanol–water partition coefficient (Wildman–Crippen LogP) is 3.57. The highest BCUT2D eigenvalue weighted by atomic mass is 16.3. The third kappa shape index (κ3) is 2.65. The Morgan fingerprint density at radius 1 is 1.12 bits per heavy atom. The van der Waals surface area contributed by atoms with Gasteiger partial charge in [-0.05, 0) is 30.3 Å². The van der Waals surface area contributed by atoms with Gasteiger partial charge in [-0.15, -0.1) is 0 Å². The number of anilines is 1. The summed E-state index contributed by atoms with van der Waals surface area (Å²) in [6.07, 6.45) is 1.76. The van der Waals surface area contributed by atoms with Crippen LogP contribution in [0.1, 0.15) is 16.4 Å². The summed E-state index contributed by atoms with van der Waals surface area (Å²) in [5.41, 5.74) is 3.28. The van der Waals surface area contributed by atoms with Crippen LogP contribution in [0.2, 0.25) is 0 Å². The Bertz CT molecular complexity index is 1020. The number of nitrogens with zero attached hydrogens (tertiary/aromatic N) is 3. The van der Waals surface area contributed by atoms with Crippen molar-refractivity contribution in [3.63, 3.8) is 0 Å². The Balaban J connectivity index is 1.56. The van der Waals surface area contributed by atoms with Gasteiger partial charge in [0.15, 0.2) is 17.2 Å². The quantitative estimate of drug-likeness (QED) is 0.626. The average molecular weight is 318 g/mol. The smallest absolute Gasteiger partial charge is 0.276 e. The minimum Gasteiger partial charge on any atom is -0.441 e. The first-order chi connectivity index (χ1) is 11.7. The second kappa shape index (κ2) is 5.66. The van der Waals surface area contributed by atoms with Gasteiger partial charge in [-0.1, -0.05) is 18.2 Å². The standard InChI is InChI=1S/C18H14N4O2/c1-12-19-15-8-7-13(11-17(15)24-12)20-18(23)16-9-10-22(21-16)14-5-3-2-4-6-14/h2-11H,1H3,(H,20,23). The van der Waals surface area contributed by atoms with E-state index < -0.39 is 0 Å². The molecule has 6 nitrogen and oxygen atoms in total. The fourth-order valence-corrected chi connectivity index (χ4v) is 2.48. The van der Waals surface area contributed by atoms with E-state index in [4.69, 9.17) is 4.42 Å². The van der Waals surface area contributed by atoms with Crippen LogP contribution in [0.4, 0.5) is 5.69 Å². The summed E-state index contributed by atoms with van der Waals surface area (Å²) in [6.45, 7) is 1.79. The SMILES string of the molecule is Cc1nc2ccc(NC(=O)c3ccn(-c4ccccc4)n3)cc2o1. The third-order valence-electron chi connectivity index (χ3n) is 3.60. The molecule has 0 aliphatic heterocycles. The number of benzene rings is 2. The van der Waals surface area contributed by atoms with Crippen LogP contribution >= 0.6 is 0 Å². The van der Waals surface area contributed by atoms with Crippen LogP contribution in [-0.2, 0) is 0 Å². The van der Waals surface area contributed by atoms with Gasteiger partial charge in [-0.25, -0.2) is 9.67 Å². The molecule has 0 bridgehead atoms. The zero-order chi connectivity index (χ0) is 16.5.